The summed E-state index contributed by atoms with van der Waals surface area (Å²) in [6, 6.07) is 14.7. The Labute approximate surface area is 150 Å². The zero-order valence-corrected chi connectivity index (χ0v) is 14.9. The number of amides is 1. The number of fused-ring (bicyclic) bond motifs is 1. The topological polar surface area (TPSA) is 66.9 Å². The zero-order valence-electron chi connectivity index (χ0n) is 14.1. The molecule has 25 heavy (non-hydrogen) atoms. The highest BCUT2D eigenvalue weighted by atomic mass is 32.1. The third kappa shape index (κ3) is 3.69. The van der Waals surface area contributed by atoms with Crippen molar-refractivity contribution in [2.75, 3.05) is 5.32 Å². The average molecular weight is 353 g/mol. The van der Waals surface area contributed by atoms with Crippen molar-refractivity contribution in [1.29, 1.82) is 0 Å². The number of nitrogens with one attached hydrogen (secondary N) is 2. The first-order chi connectivity index (χ1) is 12.0. The quantitative estimate of drug-likeness (QED) is 0.703. The third-order valence-corrected chi connectivity index (χ3v) is 4.27. The normalized spacial score (nSPS) is 11.0. The number of anilines is 1. The number of nitrogens with zero attached hydrogens (tertiary/aromatic N) is 1. The van der Waals surface area contributed by atoms with Crippen molar-refractivity contribution >= 4 is 34.7 Å². The molecule has 0 spiro atoms. The molecule has 0 aliphatic heterocycles. The summed E-state index contributed by atoms with van der Waals surface area (Å²) in [4.78, 5) is 27.6. The molecule has 0 unspecified atom stereocenters. The van der Waals surface area contributed by atoms with E-state index >= 15 is 0 Å². The van der Waals surface area contributed by atoms with Crippen molar-refractivity contribution < 1.29 is 4.79 Å². The summed E-state index contributed by atoms with van der Waals surface area (Å²) in [5, 5.41) is 3.46. The maximum absolute atomic E-state index is 12.7. The van der Waals surface area contributed by atoms with Crippen LogP contribution in [0.15, 0.2) is 53.3 Å². The van der Waals surface area contributed by atoms with E-state index < -0.39 is 0 Å². The van der Waals surface area contributed by atoms with Crippen LogP contribution in [-0.2, 0) is 11.3 Å². The van der Waals surface area contributed by atoms with Gasteiger partial charge in [-0.15, -0.1) is 0 Å². The molecule has 0 fully saturated rings. The van der Waals surface area contributed by atoms with Gasteiger partial charge in [0.05, 0.1) is 17.4 Å². The van der Waals surface area contributed by atoms with E-state index in [4.69, 9.17) is 12.2 Å². The molecule has 128 valence electrons. The van der Waals surface area contributed by atoms with Gasteiger partial charge in [0.15, 0.2) is 4.77 Å². The number of hydrogen-bond acceptors (Lipinski definition) is 3. The van der Waals surface area contributed by atoms with E-state index in [9.17, 15) is 9.59 Å². The summed E-state index contributed by atoms with van der Waals surface area (Å²) in [5.74, 6) is -0.141. The van der Waals surface area contributed by atoms with Gasteiger partial charge in [-0.05, 0) is 42.0 Å². The van der Waals surface area contributed by atoms with Crippen molar-refractivity contribution in [2.24, 2.45) is 5.92 Å². The molecule has 0 saturated heterocycles. The monoisotopic (exact) mass is 353 g/mol. The number of H-pyrrole nitrogens is 1. The molecular formula is C19H19N3O2S. The van der Waals surface area contributed by atoms with Crippen molar-refractivity contribution in [3.8, 4) is 0 Å². The minimum Gasteiger partial charge on any atom is -0.332 e. The standard InChI is InChI=1S/C19H19N3O2S/c1-12(2)17(23)20-14-7-5-6-13(10-14)11-22-18(24)15-8-3-4-9-16(15)21-19(22)25/h3-10,12H,11H2,1-2H3,(H,20,23)(H,21,25). The summed E-state index contributed by atoms with van der Waals surface area (Å²) in [6.45, 7) is 4.02. The number of aromatic amines is 1. The maximum Gasteiger partial charge on any atom is 0.262 e. The van der Waals surface area contributed by atoms with Crippen LogP contribution in [0.25, 0.3) is 10.9 Å². The minimum absolute atomic E-state index is 0.0442. The van der Waals surface area contributed by atoms with Gasteiger partial charge in [0.1, 0.15) is 0 Å². The van der Waals surface area contributed by atoms with Gasteiger partial charge in [0, 0.05) is 11.6 Å². The highest BCUT2D eigenvalue weighted by Crippen LogP contribution is 2.14. The molecule has 6 heteroatoms. The van der Waals surface area contributed by atoms with Crippen molar-refractivity contribution in [2.45, 2.75) is 20.4 Å². The van der Waals surface area contributed by atoms with Crippen LogP contribution in [0.1, 0.15) is 19.4 Å². The number of aromatic nitrogens is 2. The second-order valence-corrected chi connectivity index (χ2v) is 6.60. The van der Waals surface area contributed by atoms with Gasteiger partial charge in [0.25, 0.3) is 5.56 Å². The van der Waals surface area contributed by atoms with Gasteiger partial charge >= 0.3 is 0 Å². The van der Waals surface area contributed by atoms with Gasteiger partial charge in [-0.25, -0.2) is 0 Å². The van der Waals surface area contributed by atoms with Crippen LogP contribution in [0.2, 0.25) is 0 Å². The Morgan fingerprint density at radius 3 is 2.72 bits per heavy atom. The molecule has 0 aliphatic rings. The van der Waals surface area contributed by atoms with E-state index in [1.807, 2.05) is 56.3 Å². The molecule has 1 amide bonds. The summed E-state index contributed by atoms with van der Waals surface area (Å²) in [6.07, 6.45) is 0. The van der Waals surface area contributed by atoms with Crippen molar-refractivity contribution in [1.82, 2.24) is 9.55 Å². The van der Waals surface area contributed by atoms with Gasteiger partial charge < -0.3 is 10.3 Å². The fourth-order valence-electron chi connectivity index (χ4n) is 2.56. The highest BCUT2D eigenvalue weighted by molar-refractivity contribution is 7.71. The molecular weight excluding hydrogens is 334 g/mol. The molecule has 5 nitrogen and oxygen atoms in total. The molecule has 0 saturated carbocycles. The SMILES string of the molecule is CC(C)C(=O)Nc1cccc(Cn2c(=S)[nH]c3ccccc3c2=O)c1. The first kappa shape index (κ1) is 17.1. The van der Waals surface area contributed by atoms with Crippen molar-refractivity contribution in [3.63, 3.8) is 0 Å². The molecule has 0 atom stereocenters. The number of carbonyl (C=O) groups excluding carboxylic acids is 1. The lowest BCUT2D eigenvalue weighted by Gasteiger charge is -2.11. The second-order valence-electron chi connectivity index (χ2n) is 6.21. The predicted molar refractivity (Wildman–Crippen MR) is 102 cm³/mol. The van der Waals surface area contributed by atoms with Gasteiger partial charge in [-0.3, -0.25) is 14.2 Å². The van der Waals surface area contributed by atoms with Crippen LogP contribution in [0, 0.1) is 10.7 Å². The van der Waals surface area contributed by atoms with E-state index in [0.717, 1.165) is 11.1 Å². The number of hydrogen-bond donors (Lipinski definition) is 2. The Morgan fingerprint density at radius 2 is 1.96 bits per heavy atom. The van der Waals surface area contributed by atoms with E-state index in [1.165, 1.54) is 4.57 Å². The number of para-hydroxylation sites is 1. The zero-order chi connectivity index (χ0) is 18.0. The molecule has 3 aromatic rings. The molecule has 1 heterocycles. The van der Waals surface area contributed by atoms with Gasteiger partial charge in [0.2, 0.25) is 5.91 Å². The lowest BCUT2D eigenvalue weighted by atomic mass is 10.1. The lowest BCUT2D eigenvalue weighted by Crippen LogP contribution is -2.23. The average Bonchev–Trinajstić information content (AvgIpc) is 2.59. The molecule has 0 aliphatic carbocycles. The fraction of sp³-hybridized carbons (Fsp3) is 0.211. The fourth-order valence-corrected chi connectivity index (χ4v) is 2.82. The van der Waals surface area contributed by atoms with E-state index in [0.29, 0.717) is 22.4 Å². The maximum atomic E-state index is 12.7. The third-order valence-electron chi connectivity index (χ3n) is 3.95. The molecule has 2 aromatic carbocycles. The van der Waals surface area contributed by atoms with Crippen LogP contribution in [0.4, 0.5) is 5.69 Å². The van der Waals surface area contributed by atoms with Crippen molar-refractivity contribution in [3.05, 3.63) is 69.2 Å². The molecule has 0 radical (unpaired) electrons. The summed E-state index contributed by atoms with van der Waals surface area (Å²) in [5.41, 5.74) is 2.20. The van der Waals surface area contributed by atoms with E-state index in [-0.39, 0.29) is 17.4 Å². The Hall–Kier alpha value is -2.73. The minimum atomic E-state index is -0.129. The molecule has 2 N–H and O–H groups in total. The molecule has 1 aromatic heterocycles. The highest BCUT2D eigenvalue weighted by Gasteiger charge is 2.09. The van der Waals surface area contributed by atoms with E-state index in [1.54, 1.807) is 6.07 Å². The number of carbonyl (C=O) groups is 1. The van der Waals surface area contributed by atoms with Gasteiger partial charge in [-0.2, -0.15) is 0 Å². The number of benzene rings is 2. The lowest BCUT2D eigenvalue weighted by molar-refractivity contribution is -0.118. The van der Waals surface area contributed by atoms with Crippen LogP contribution < -0.4 is 10.9 Å². The summed E-state index contributed by atoms with van der Waals surface area (Å²) < 4.78 is 1.90. The summed E-state index contributed by atoms with van der Waals surface area (Å²) >= 11 is 5.34. The van der Waals surface area contributed by atoms with Gasteiger partial charge in [-0.1, -0.05) is 38.1 Å². The first-order valence-electron chi connectivity index (χ1n) is 8.07. The van der Waals surface area contributed by atoms with E-state index in [2.05, 4.69) is 10.3 Å². The summed E-state index contributed by atoms with van der Waals surface area (Å²) in [7, 11) is 0. The first-order valence-corrected chi connectivity index (χ1v) is 8.48. The Kier molecular flexibility index (Phi) is 4.81. The Morgan fingerprint density at radius 1 is 1.20 bits per heavy atom. The molecule has 0 bridgehead atoms. The Balaban J connectivity index is 1.96. The smallest absolute Gasteiger partial charge is 0.262 e. The van der Waals surface area contributed by atoms with Crippen LogP contribution in [0.5, 0.6) is 0 Å². The predicted octanol–water partition coefficient (Wildman–Crippen LogP) is 3.70. The van der Waals surface area contributed by atoms with Crippen LogP contribution in [-0.4, -0.2) is 15.5 Å². The molecule has 3 rings (SSSR count). The largest absolute Gasteiger partial charge is 0.332 e. The number of rotatable bonds is 4. The van der Waals surface area contributed by atoms with Crippen LogP contribution in [0.3, 0.4) is 0 Å². The van der Waals surface area contributed by atoms with Crippen LogP contribution >= 0.6 is 12.2 Å². The Bertz CT molecular complexity index is 1050. The second kappa shape index (κ2) is 7.03.